The van der Waals surface area contributed by atoms with Gasteiger partial charge < -0.3 is 9.84 Å². The van der Waals surface area contributed by atoms with E-state index >= 15 is 0 Å². The fourth-order valence-electron chi connectivity index (χ4n) is 1.05. The molecule has 3 heteroatoms. The number of hydrogen-bond donors (Lipinski definition) is 1. The van der Waals surface area contributed by atoms with E-state index in [0.717, 1.165) is 11.3 Å². The predicted molar refractivity (Wildman–Crippen MR) is 53.0 cm³/mol. The number of benzene rings is 1. The summed E-state index contributed by atoms with van der Waals surface area (Å²) in [5, 5.41) is 8.43. The molecule has 0 amide bonds. The quantitative estimate of drug-likeness (QED) is 0.798. The second kappa shape index (κ2) is 5.40. The van der Waals surface area contributed by atoms with Crippen LogP contribution in [0.15, 0.2) is 36.2 Å². The van der Waals surface area contributed by atoms with Crippen molar-refractivity contribution >= 4 is 0 Å². The average Bonchev–Trinajstić information content (AvgIpc) is 2.26. The maximum atomic E-state index is 12.5. The SMILES string of the molecule is COc1ccc(C/C=C(\F)CO)cc1. The Morgan fingerprint density at radius 1 is 1.43 bits per heavy atom. The third-order valence-corrected chi connectivity index (χ3v) is 1.87. The maximum absolute atomic E-state index is 12.5. The fourth-order valence-corrected chi connectivity index (χ4v) is 1.05. The van der Waals surface area contributed by atoms with E-state index in [1.54, 1.807) is 7.11 Å². The average molecular weight is 196 g/mol. The minimum Gasteiger partial charge on any atom is -0.497 e. The smallest absolute Gasteiger partial charge is 0.122 e. The van der Waals surface area contributed by atoms with Gasteiger partial charge in [0.25, 0.3) is 0 Å². The number of allylic oxidation sites excluding steroid dienone is 1. The molecule has 0 aromatic heterocycles. The van der Waals surface area contributed by atoms with Crippen molar-refractivity contribution < 1.29 is 14.2 Å². The monoisotopic (exact) mass is 196 g/mol. The van der Waals surface area contributed by atoms with Crippen LogP contribution in [-0.2, 0) is 6.42 Å². The van der Waals surface area contributed by atoms with Crippen LogP contribution in [0.5, 0.6) is 5.75 Å². The Hall–Kier alpha value is -1.35. The van der Waals surface area contributed by atoms with Gasteiger partial charge in [-0.1, -0.05) is 12.1 Å². The largest absolute Gasteiger partial charge is 0.497 e. The molecule has 0 saturated heterocycles. The van der Waals surface area contributed by atoms with Crippen molar-refractivity contribution in [2.75, 3.05) is 13.7 Å². The van der Waals surface area contributed by atoms with Gasteiger partial charge in [-0.25, -0.2) is 4.39 Å². The molecule has 1 N–H and O–H groups in total. The molecular weight excluding hydrogens is 183 g/mol. The first-order valence-corrected chi connectivity index (χ1v) is 4.34. The van der Waals surface area contributed by atoms with Gasteiger partial charge in [0, 0.05) is 0 Å². The summed E-state index contributed by atoms with van der Waals surface area (Å²) < 4.78 is 17.5. The van der Waals surface area contributed by atoms with Gasteiger partial charge in [-0.05, 0) is 30.2 Å². The van der Waals surface area contributed by atoms with Gasteiger partial charge >= 0.3 is 0 Å². The van der Waals surface area contributed by atoms with E-state index in [9.17, 15) is 4.39 Å². The summed E-state index contributed by atoms with van der Waals surface area (Å²) in [4.78, 5) is 0. The molecule has 76 valence electrons. The first kappa shape index (κ1) is 10.7. The van der Waals surface area contributed by atoms with Crippen LogP contribution >= 0.6 is 0 Å². The van der Waals surface area contributed by atoms with E-state index < -0.39 is 12.4 Å². The Bertz CT molecular complexity index is 304. The van der Waals surface area contributed by atoms with Crippen molar-refractivity contribution in [1.29, 1.82) is 0 Å². The topological polar surface area (TPSA) is 29.5 Å². The number of aliphatic hydroxyl groups is 1. The highest BCUT2D eigenvalue weighted by Gasteiger charge is 1.94. The fraction of sp³-hybridized carbons (Fsp3) is 0.273. The Kier molecular flexibility index (Phi) is 4.13. The summed E-state index contributed by atoms with van der Waals surface area (Å²) in [5.74, 6) is 0.279. The van der Waals surface area contributed by atoms with E-state index in [1.807, 2.05) is 24.3 Å². The summed E-state index contributed by atoms with van der Waals surface area (Å²) in [7, 11) is 1.60. The first-order valence-electron chi connectivity index (χ1n) is 4.34. The van der Waals surface area contributed by atoms with Crippen LogP contribution in [0.1, 0.15) is 5.56 Å². The lowest BCUT2D eigenvalue weighted by molar-refractivity contribution is 0.297. The number of ether oxygens (including phenoxy) is 1. The molecule has 0 radical (unpaired) electrons. The molecule has 14 heavy (non-hydrogen) atoms. The number of rotatable bonds is 4. The maximum Gasteiger partial charge on any atom is 0.122 e. The summed E-state index contributed by atoms with van der Waals surface area (Å²) >= 11 is 0. The van der Waals surface area contributed by atoms with Crippen molar-refractivity contribution in [1.82, 2.24) is 0 Å². The first-order chi connectivity index (χ1) is 6.76. The van der Waals surface area contributed by atoms with Crippen molar-refractivity contribution in [2.24, 2.45) is 0 Å². The molecular formula is C11H13FO2. The molecule has 0 unspecified atom stereocenters. The van der Waals surface area contributed by atoms with Crippen LogP contribution < -0.4 is 4.74 Å². The zero-order chi connectivity index (χ0) is 10.4. The molecule has 0 spiro atoms. The van der Waals surface area contributed by atoms with Crippen molar-refractivity contribution in [3.05, 3.63) is 41.7 Å². The molecule has 1 rings (SSSR count). The summed E-state index contributed by atoms with van der Waals surface area (Å²) in [6.45, 7) is -0.532. The van der Waals surface area contributed by atoms with Crippen LogP contribution in [0.2, 0.25) is 0 Å². The van der Waals surface area contributed by atoms with Gasteiger partial charge in [0.15, 0.2) is 0 Å². The van der Waals surface area contributed by atoms with E-state index in [0.29, 0.717) is 6.42 Å². The second-order valence-corrected chi connectivity index (χ2v) is 2.86. The highest BCUT2D eigenvalue weighted by atomic mass is 19.1. The van der Waals surface area contributed by atoms with Gasteiger partial charge in [0.1, 0.15) is 11.6 Å². The lowest BCUT2D eigenvalue weighted by atomic mass is 10.1. The third-order valence-electron chi connectivity index (χ3n) is 1.87. The molecule has 0 aliphatic carbocycles. The Labute approximate surface area is 82.6 Å². The zero-order valence-electron chi connectivity index (χ0n) is 8.03. The van der Waals surface area contributed by atoms with Gasteiger partial charge in [0.2, 0.25) is 0 Å². The molecule has 0 heterocycles. The van der Waals surface area contributed by atoms with Crippen LogP contribution in [0.25, 0.3) is 0 Å². The van der Waals surface area contributed by atoms with Crippen LogP contribution in [0.3, 0.4) is 0 Å². The minimum absolute atomic E-state index is 0.483. The third kappa shape index (κ3) is 3.18. The van der Waals surface area contributed by atoms with Gasteiger partial charge in [-0.2, -0.15) is 0 Å². The Morgan fingerprint density at radius 3 is 2.57 bits per heavy atom. The normalized spacial score (nSPS) is 11.5. The highest BCUT2D eigenvalue weighted by molar-refractivity contribution is 5.28. The van der Waals surface area contributed by atoms with Crippen molar-refractivity contribution in [3.8, 4) is 5.75 Å². The molecule has 2 nitrogen and oxygen atoms in total. The summed E-state index contributed by atoms with van der Waals surface area (Å²) in [6, 6.07) is 7.36. The zero-order valence-corrected chi connectivity index (χ0v) is 8.03. The number of halogens is 1. The molecule has 0 fully saturated rings. The number of hydrogen-bond acceptors (Lipinski definition) is 2. The van der Waals surface area contributed by atoms with Gasteiger partial charge in [0.05, 0.1) is 13.7 Å². The summed E-state index contributed by atoms with van der Waals surface area (Å²) in [5.41, 5.74) is 0.981. The molecule has 1 aromatic carbocycles. The number of aliphatic hydroxyl groups excluding tert-OH is 1. The van der Waals surface area contributed by atoms with Gasteiger partial charge in [-0.3, -0.25) is 0 Å². The molecule has 0 atom stereocenters. The van der Waals surface area contributed by atoms with Crippen LogP contribution in [0.4, 0.5) is 4.39 Å². The lowest BCUT2D eigenvalue weighted by Gasteiger charge is -2.00. The van der Waals surface area contributed by atoms with Gasteiger partial charge in [-0.15, -0.1) is 0 Å². The highest BCUT2D eigenvalue weighted by Crippen LogP contribution is 2.12. The molecule has 1 aromatic rings. The Morgan fingerprint density at radius 2 is 2.07 bits per heavy atom. The second-order valence-electron chi connectivity index (χ2n) is 2.86. The minimum atomic E-state index is -0.532. The Balaban J connectivity index is 2.60. The molecule has 0 saturated carbocycles. The number of methoxy groups -OCH3 is 1. The molecule has 0 bridgehead atoms. The van der Waals surface area contributed by atoms with Crippen LogP contribution in [-0.4, -0.2) is 18.8 Å². The van der Waals surface area contributed by atoms with E-state index in [-0.39, 0.29) is 0 Å². The molecule has 0 aliphatic rings. The van der Waals surface area contributed by atoms with Crippen molar-refractivity contribution in [2.45, 2.75) is 6.42 Å². The van der Waals surface area contributed by atoms with Crippen molar-refractivity contribution in [3.63, 3.8) is 0 Å². The lowest BCUT2D eigenvalue weighted by Crippen LogP contribution is -1.87. The predicted octanol–water partition coefficient (Wildman–Crippen LogP) is 2.08. The summed E-state index contributed by atoms with van der Waals surface area (Å²) in [6.07, 6.45) is 1.85. The van der Waals surface area contributed by atoms with E-state index in [2.05, 4.69) is 0 Å². The van der Waals surface area contributed by atoms with Crippen LogP contribution in [0, 0.1) is 0 Å². The van der Waals surface area contributed by atoms with E-state index in [4.69, 9.17) is 9.84 Å². The molecule has 0 aliphatic heterocycles. The van der Waals surface area contributed by atoms with E-state index in [1.165, 1.54) is 6.08 Å². The standard InChI is InChI=1S/C11H13FO2/c1-14-11-6-3-9(4-7-11)2-5-10(12)8-13/h3-7,13H,2,8H2,1H3/b10-5-.